The van der Waals surface area contributed by atoms with E-state index in [1.54, 1.807) is 6.20 Å². The smallest absolute Gasteiger partial charge is 0.0892 e. The van der Waals surface area contributed by atoms with Crippen molar-refractivity contribution >= 4 is 5.52 Å². The Hall–Kier alpha value is -1.42. The summed E-state index contributed by atoms with van der Waals surface area (Å²) in [6.07, 6.45) is 15.4. The number of aromatic nitrogens is 3. The highest BCUT2D eigenvalue weighted by atomic mass is 15.2. The summed E-state index contributed by atoms with van der Waals surface area (Å²) in [5.74, 6) is 0. The molecular formula is C16H26N4. The van der Waals surface area contributed by atoms with Crippen LogP contribution in [0.1, 0.15) is 64.0 Å². The van der Waals surface area contributed by atoms with Crippen LogP contribution in [0.15, 0.2) is 24.8 Å². The summed E-state index contributed by atoms with van der Waals surface area (Å²) in [6.45, 7) is 5.40. The molecule has 0 fully saturated rings. The zero-order valence-corrected chi connectivity index (χ0v) is 12.7. The average molecular weight is 274 g/mol. The first-order valence-corrected chi connectivity index (χ1v) is 7.87. The van der Waals surface area contributed by atoms with Gasteiger partial charge in [-0.3, -0.25) is 4.98 Å². The van der Waals surface area contributed by atoms with Gasteiger partial charge in [0.25, 0.3) is 0 Å². The Balaban J connectivity index is 2.00. The molecule has 0 aliphatic carbocycles. The minimum atomic E-state index is 0.392. The second-order valence-electron chi connectivity index (χ2n) is 5.32. The monoisotopic (exact) mass is 274 g/mol. The van der Waals surface area contributed by atoms with Crippen molar-refractivity contribution in [1.82, 2.24) is 19.9 Å². The zero-order chi connectivity index (χ0) is 14.2. The van der Waals surface area contributed by atoms with Gasteiger partial charge in [-0.05, 0) is 13.0 Å². The van der Waals surface area contributed by atoms with Gasteiger partial charge >= 0.3 is 0 Å². The summed E-state index contributed by atoms with van der Waals surface area (Å²) in [5.41, 5.74) is 2.39. The van der Waals surface area contributed by atoms with Crippen LogP contribution < -0.4 is 5.32 Å². The molecule has 4 nitrogen and oxygen atoms in total. The molecule has 1 N–H and O–H groups in total. The summed E-state index contributed by atoms with van der Waals surface area (Å²) in [7, 11) is 0. The maximum absolute atomic E-state index is 4.42. The average Bonchev–Trinajstić information content (AvgIpc) is 2.90. The van der Waals surface area contributed by atoms with Gasteiger partial charge in [0.2, 0.25) is 0 Å². The predicted octanol–water partition coefficient (Wildman–Crippen LogP) is 3.74. The highest BCUT2D eigenvalue weighted by Gasteiger charge is 2.15. The maximum atomic E-state index is 4.42. The highest BCUT2D eigenvalue weighted by Crippen LogP contribution is 2.23. The Labute approximate surface area is 121 Å². The quantitative estimate of drug-likeness (QED) is 0.708. The molecule has 0 aromatic carbocycles. The fourth-order valence-corrected chi connectivity index (χ4v) is 2.69. The molecule has 2 heterocycles. The molecule has 0 radical (unpaired) electrons. The molecule has 2 aromatic rings. The first-order chi connectivity index (χ1) is 9.86. The van der Waals surface area contributed by atoms with Crippen LogP contribution in [0.4, 0.5) is 0 Å². The number of fused-ring (bicyclic) bond motifs is 1. The topological polar surface area (TPSA) is 42.2 Å². The minimum absolute atomic E-state index is 0.392. The van der Waals surface area contributed by atoms with Crippen LogP contribution in [0.25, 0.3) is 5.52 Å². The third kappa shape index (κ3) is 3.79. The van der Waals surface area contributed by atoms with E-state index in [9.17, 15) is 0 Å². The fraction of sp³-hybridized carbons (Fsp3) is 0.625. The molecule has 0 aliphatic rings. The summed E-state index contributed by atoms with van der Waals surface area (Å²) in [4.78, 5) is 4.22. The number of nitrogens with zero attached hydrogens (tertiary/aromatic N) is 3. The van der Waals surface area contributed by atoms with Crippen molar-refractivity contribution in [2.75, 3.05) is 6.54 Å². The van der Waals surface area contributed by atoms with Crippen LogP contribution in [-0.4, -0.2) is 21.1 Å². The standard InChI is InChI=1S/C16H26N4/c1-3-5-6-7-8-9-15(18-4-2)14-12-19-20-11-10-17-13-16(14)20/h10-13,15,18H,3-9H2,1-2H3. The molecule has 0 spiro atoms. The molecule has 0 saturated heterocycles. The van der Waals surface area contributed by atoms with Crippen molar-refractivity contribution in [3.8, 4) is 0 Å². The number of hydrogen-bond donors (Lipinski definition) is 1. The van der Waals surface area contributed by atoms with E-state index < -0.39 is 0 Å². The van der Waals surface area contributed by atoms with Gasteiger partial charge in [0.15, 0.2) is 0 Å². The molecule has 0 amide bonds. The van der Waals surface area contributed by atoms with Crippen molar-refractivity contribution < 1.29 is 0 Å². The number of unbranched alkanes of at least 4 members (excludes halogenated alkanes) is 4. The van der Waals surface area contributed by atoms with Gasteiger partial charge in [-0.2, -0.15) is 5.10 Å². The second-order valence-corrected chi connectivity index (χ2v) is 5.32. The van der Waals surface area contributed by atoms with E-state index in [4.69, 9.17) is 0 Å². The van der Waals surface area contributed by atoms with Gasteiger partial charge < -0.3 is 5.32 Å². The lowest BCUT2D eigenvalue weighted by Gasteiger charge is -2.16. The second kappa shape index (κ2) is 8.00. The largest absolute Gasteiger partial charge is 0.310 e. The summed E-state index contributed by atoms with van der Waals surface area (Å²) in [6, 6.07) is 0.392. The van der Waals surface area contributed by atoms with Gasteiger partial charge in [-0.25, -0.2) is 4.52 Å². The molecule has 2 aromatic heterocycles. The van der Waals surface area contributed by atoms with E-state index in [0.29, 0.717) is 6.04 Å². The van der Waals surface area contributed by atoms with Crippen molar-refractivity contribution in [2.45, 2.75) is 58.4 Å². The van der Waals surface area contributed by atoms with Crippen LogP contribution in [-0.2, 0) is 0 Å². The third-order valence-electron chi connectivity index (χ3n) is 3.78. The van der Waals surface area contributed by atoms with E-state index in [1.807, 2.05) is 23.1 Å². The van der Waals surface area contributed by atoms with Crippen LogP contribution in [0, 0.1) is 0 Å². The van der Waals surface area contributed by atoms with Crippen LogP contribution >= 0.6 is 0 Å². The van der Waals surface area contributed by atoms with Crippen LogP contribution in [0.5, 0.6) is 0 Å². The van der Waals surface area contributed by atoms with Gasteiger partial charge in [-0.15, -0.1) is 0 Å². The molecule has 2 rings (SSSR count). The first kappa shape index (κ1) is 15.0. The van der Waals surface area contributed by atoms with Gasteiger partial charge in [0.05, 0.1) is 17.9 Å². The predicted molar refractivity (Wildman–Crippen MR) is 82.8 cm³/mol. The molecule has 20 heavy (non-hydrogen) atoms. The summed E-state index contributed by atoms with van der Waals surface area (Å²) < 4.78 is 1.91. The van der Waals surface area contributed by atoms with E-state index in [0.717, 1.165) is 12.1 Å². The zero-order valence-electron chi connectivity index (χ0n) is 12.7. The van der Waals surface area contributed by atoms with Gasteiger partial charge in [0.1, 0.15) is 0 Å². The van der Waals surface area contributed by atoms with Crippen molar-refractivity contribution in [3.63, 3.8) is 0 Å². The Kier molecular flexibility index (Phi) is 5.99. The summed E-state index contributed by atoms with van der Waals surface area (Å²) in [5, 5.41) is 8.00. The Morgan fingerprint density at radius 2 is 2.00 bits per heavy atom. The lowest BCUT2D eigenvalue weighted by molar-refractivity contribution is 0.481. The molecule has 0 bridgehead atoms. The SMILES string of the molecule is CCCCCCCC(NCC)c1cnn2ccncc12. The number of rotatable bonds is 9. The van der Waals surface area contributed by atoms with E-state index in [-0.39, 0.29) is 0 Å². The number of nitrogens with one attached hydrogen (secondary N) is 1. The van der Waals surface area contributed by atoms with Crippen molar-refractivity contribution in [3.05, 3.63) is 30.4 Å². The summed E-state index contributed by atoms with van der Waals surface area (Å²) >= 11 is 0. The Morgan fingerprint density at radius 1 is 1.15 bits per heavy atom. The van der Waals surface area contributed by atoms with Crippen molar-refractivity contribution in [1.29, 1.82) is 0 Å². The van der Waals surface area contributed by atoms with E-state index >= 15 is 0 Å². The Bertz CT molecular complexity index is 506. The van der Waals surface area contributed by atoms with Crippen molar-refractivity contribution in [2.24, 2.45) is 0 Å². The maximum Gasteiger partial charge on any atom is 0.0892 e. The molecule has 1 atom stereocenters. The number of hydrogen-bond acceptors (Lipinski definition) is 3. The lowest BCUT2D eigenvalue weighted by atomic mass is 10.0. The molecule has 1 unspecified atom stereocenters. The van der Waals surface area contributed by atoms with Crippen LogP contribution in [0.3, 0.4) is 0 Å². The van der Waals surface area contributed by atoms with Crippen LogP contribution in [0.2, 0.25) is 0 Å². The van der Waals surface area contributed by atoms with Gasteiger partial charge in [0, 0.05) is 24.0 Å². The Morgan fingerprint density at radius 3 is 2.80 bits per heavy atom. The third-order valence-corrected chi connectivity index (χ3v) is 3.78. The molecule has 0 saturated carbocycles. The highest BCUT2D eigenvalue weighted by molar-refractivity contribution is 5.53. The van der Waals surface area contributed by atoms with E-state index in [2.05, 4.69) is 29.2 Å². The fourth-order valence-electron chi connectivity index (χ4n) is 2.69. The van der Waals surface area contributed by atoms with E-state index in [1.165, 1.54) is 44.1 Å². The molecule has 4 heteroatoms. The molecule has 110 valence electrons. The molecule has 0 aliphatic heterocycles. The first-order valence-electron chi connectivity index (χ1n) is 7.87. The minimum Gasteiger partial charge on any atom is -0.310 e. The normalized spacial score (nSPS) is 12.9. The lowest BCUT2D eigenvalue weighted by Crippen LogP contribution is -2.20. The van der Waals surface area contributed by atoms with Gasteiger partial charge in [-0.1, -0.05) is 46.0 Å². The molecular weight excluding hydrogens is 248 g/mol.